The van der Waals surface area contributed by atoms with Crippen LogP contribution in [0.5, 0.6) is 0 Å². The maximum absolute atomic E-state index is 9.72. The fourth-order valence-corrected chi connectivity index (χ4v) is 1.95. The fourth-order valence-electron chi connectivity index (χ4n) is 0.376. The molecule has 0 fully saturated rings. The summed E-state index contributed by atoms with van der Waals surface area (Å²) >= 11 is -3.71. The Bertz CT molecular complexity index is 161. The van der Waals surface area contributed by atoms with Crippen molar-refractivity contribution in [3.05, 3.63) is 20.2 Å². The third kappa shape index (κ3) is 5.39. The van der Waals surface area contributed by atoms with E-state index in [0.29, 0.717) is 0 Å². The summed E-state index contributed by atoms with van der Waals surface area (Å²) in [5.74, 6) is 2.48. The summed E-state index contributed by atoms with van der Waals surface area (Å²) < 4.78 is 7.99. The molecule has 0 spiro atoms. The van der Waals surface area contributed by atoms with Crippen molar-refractivity contribution >= 4 is 13.9 Å². The fraction of sp³-hybridized carbons (Fsp3) is 1.00. The van der Waals surface area contributed by atoms with E-state index in [1.807, 2.05) is 0 Å². The van der Waals surface area contributed by atoms with Gasteiger partial charge in [0.25, 0.3) is 0 Å². The van der Waals surface area contributed by atoms with E-state index in [0.717, 1.165) is 0 Å². The average molecular weight is 227 g/mol. The van der Waals surface area contributed by atoms with Gasteiger partial charge in [-0.05, 0) is 0 Å². The predicted octanol–water partition coefficient (Wildman–Crippen LogP) is 0.105. The van der Waals surface area contributed by atoms with Crippen LogP contribution < -0.4 is 0 Å². The molecule has 0 aliphatic rings. The first-order valence-corrected chi connectivity index (χ1v) is 8.41. The van der Waals surface area contributed by atoms with Crippen molar-refractivity contribution in [2.75, 3.05) is 0 Å². The van der Waals surface area contributed by atoms with E-state index >= 15 is 0 Å². The molecule has 0 bridgehead atoms. The van der Waals surface area contributed by atoms with Gasteiger partial charge in [0.2, 0.25) is 0 Å². The minimum atomic E-state index is -3.71. The van der Waals surface area contributed by atoms with E-state index in [4.69, 9.17) is 0 Å². The van der Waals surface area contributed by atoms with Gasteiger partial charge in [0.05, 0.1) is 0 Å². The zero-order chi connectivity index (χ0) is 9.07. The van der Waals surface area contributed by atoms with Crippen LogP contribution in [-0.2, 0) is 7.73 Å². The van der Waals surface area contributed by atoms with E-state index in [2.05, 4.69) is 7.73 Å². The van der Waals surface area contributed by atoms with E-state index in [1.54, 1.807) is 0 Å². The molecule has 0 radical (unpaired) electrons. The molecule has 8 nitrogen and oxygen atoms in total. The van der Waals surface area contributed by atoms with Crippen molar-refractivity contribution in [1.29, 1.82) is 0 Å². The van der Waals surface area contributed by atoms with Crippen LogP contribution in [-0.4, -0.2) is 24.1 Å². The molecule has 0 rings (SSSR count). The normalized spacial score (nSPS) is 10.4. The van der Waals surface area contributed by atoms with Crippen LogP contribution in [0, 0.1) is 20.2 Å². The van der Waals surface area contributed by atoms with Crippen LogP contribution in [0.1, 0.15) is 0 Å². The maximum atomic E-state index is 9.72. The summed E-state index contributed by atoms with van der Waals surface area (Å²) in [6, 6.07) is 0. The minimum absolute atomic E-state index is 1.08. The van der Waals surface area contributed by atoms with E-state index in [-0.39, 0.29) is 0 Å². The van der Waals surface area contributed by atoms with Crippen molar-refractivity contribution in [2.24, 2.45) is 0 Å². The molecule has 9 heteroatoms. The van der Waals surface area contributed by atoms with Gasteiger partial charge in [0, 0.05) is 0 Å². The average Bonchev–Trinajstić information content (AvgIpc) is 1.53. The zero-order valence-electron chi connectivity index (χ0n) is 5.84. The predicted molar refractivity (Wildman–Crippen MR) is 33.6 cm³/mol. The number of hydrogen-bond donors (Lipinski definition) is 0. The second kappa shape index (κ2) is 3.37. The molecular weight excluding hydrogens is 221 g/mol. The summed E-state index contributed by atoms with van der Waals surface area (Å²) in [4.78, 5) is 19.4. The summed E-state index contributed by atoms with van der Waals surface area (Å²) in [5.41, 5.74) is 0. The molecule has 0 aromatic rings. The summed E-state index contributed by atoms with van der Waals surface area (Å²) in [6.45, 7) is 0. The molecule has 0 N–H and O–H groups in total. The Kier molecular flexibility index (Phi) is 3.04. The third-order valence-electron chi connectivity index (χ3n) is 0.589. The first kappa shape index (κ1) is 9.94. The summed E-state index contributed by atoms with van der Waals surface area (Å²) in [7, 11) is 0. The quantitative estimate of drug-likeness (QED) is 0.383. The van der Waals surface area contributed by atoms with Gasteiger partial charge in [-0.2, -0.15) is 0 Å². The molecule has 64 valence electrons. The van der Waals surface area contributed by atoms with Gasteiger partial charge in [0.1, 0.15) is 0 Å². The first-order valence-electron chi connectivity index (χ1n) is 2.50. The van der Waals surface area contributed by atoms with Crippen molar-refractivity contribution in [3.63, 3.8) is 0 Å². The number of rotatable bonds is 4. The van der Waals surface area contributed by atoms with Gasteiger partial charge < -0.3 is 0 Å². The molecular formula is C2H6GeN2O6. The summed E-state index contributed by atoms with van der Waals surface area (Å²) in [6.07, 6.45) is 0. The van der Waals surface area contributed by atoms with Crippen LogP contribution >= 0.6 is 0 Å². The molecule has 0 unspecified atom stereocenters. The molecule has 0 aromatic carbocycles. The monoisotopic (exact) mass is 228 g/mol. The molecule has 0 aliphatic carbocycles. The van der Waals surface area contributed by atoms with Crippen LogP contribution in [0.2, 0.25) is 11.5 Å². The number of nitrogens with zero attached hydrogens (tertiary/aromatic N) is 2. The Morgan fingerprint density at radius 1 is 1.09 bits per heavy atom. The Labute approximate surface area is 64.3 Å². The molecule has 0 aromatic heterocycles. The van der Waals surface area contributed by atoms with E-state index < -0.39 is 24.1 Å². The van der Waals surface area contributed by atoms with Gasteiger partial charge in [-0.3, -0.25) is 0 Å². The van der Waals surface area contributed by atoms with E-state index in [9.17, 15) is 20.2 Å². The van der Waals surface area contributed by atoms with Crippen LogP contribution in [0.3, 0.4) is 0 Å². The van der Waals surface area contributed by atoms with Gasteiger partial charge in [0.15, 0.2) is 0 Å². The van der Waals surface area contributed by atoms with Crippen molar-refractivity contribution in [1.82, 2.24) is 0 Å². The van der Waals surface area contributed by atoms with Crippen molar-refractivity contribution in [3.8, 4) is 0 Å². The first-order chi connectivity index (χ1) is 4.83. The van der Waals surface area contributed by atoms with Gasteiger partial charge in [-0.15, -0.1) is 0 Å². The van der Waals surface area contributed by atoms with Gasteiger partial charge in [-0.1, -0.05) is 0 Å². The molecule has 0 aliphatic heterocycles. The molecule has 0 saturated heterocycles. The molecule has 0 saturated carbocycles. The molecule has 0 amide bonds. The standard InChI is InChI=1S/C2H6GeN2O6/c1-3(2,10-4(6)7)11-5(8)9/h1-2H3. The zero-order valence-corrected chi connectivity index (χ0v) is 7.94. The molecule has 0 heterocycles. The Morgan fingerprint density at radius 3 is 1.55 bits per heavy atom. The molecule has 11 heavy (non-hydrogen) atoms. The Hall–Kier alpha value is -1.06. The van der Waals surface area contributed by atoms with E-state index in [1.165, 1.54) is 11.5 Å². The van der Waals surface area contributed by atoms with Crippen LogP contribution in [0.25, 0.3) is 0 Å². The van der Waals surface area contributed by atoms with Crippen LogP contribution in [0.15, 0.2) is 0 Å². The second-order valence-corrected chi connectivity index (χ2v) is 8.67. The van der Waals surface area contributed by atoms with Gasteiger partial charge >= 0.3 is 63.6 Å². The number of hydrogen-bond acceptors (Lipinski definition) is 6. The third-order valence-corrected chi connectivity index (χ3v) is 3.06. The van der Waals surface area contributed by atoms with Crippen molar-refractivity contribution < 1.29 is 17.9 Å². The second-order valence-electron chi connectivity index (χ2n) is 2.03. The van der Waals surface area contributed by atoms with Crippen LogP contribution in [0.4, 0.5) is 0 Å². The van der Waals surface area contributed by atoms with Gasteiger partial charge in [-0.25, -0.2) is 0 Å². The SMILES string of the molecule is [CH3][Ge]([CH3])([O][N+](=O)[O-])[O][N+](=O)[O-]. The van der Waals surface area contributed by atoms with Crippen molar-refractivity contribution in [2.45, 2.75) is 11.5 Å². The summed E-state index contributed by atoms with van der Waals surface area (Å²) in [5, 5.41) is 17.3. The molecule has 0 atom stereocenters. The Morgan fingerprint density at radius 2 is 1.36 bits per heavy atom. The topological polar surface area (TPSA) is 105 Å². The Balaban J connectivity index is 3.99.